The number of rotatable bonds is 10. The number of halogens is 1. The van der Waals surface area contributed by atoms with Crippen molar-refractivity contribution in [2.24, 2.45) is 4.99 Å². The summed E-state index contributed by atoms with van der Waals surface area (Å²) in [7, 11) is -2.96. The smallest absolute Gasteiger partial charge is 0.191 e. The Morgan fingerprint density at radius 3 is 2.50 bits per heavy atom. The average Bonchev–Trinajstić information content (AvgIpc) is 2.50. The maximum Gasteiger partial charge on any atom is 0.191 e. The second-order valence-corrected chi connectivity index (χ2v) is 7.43. The third kappa shape index (κ3) is 12.5. The Balaban J connectivity index is 0.00000529. The van der Waals surface area contributed by atoms with Crippen molar-refractivity contribution in [2.45, 2.75) is 13.3 Å². The van der Waals surface area contributed by atoms with Crippen molar-refractivity contribution in [3.8, 4) is 0 Å². The van der Waals surface area contributed by atoms with Gasteiger partial charge in [-0.3, -0.25) is 4.99 Å². The van der Waals surface area contributed by atoms with E-state index < -0.39 is 9.84 Å². The molecular weight excluding hydrogens is 441 g/mol. The lowest BCUT2D eigenvalue weighted by atomic mass is 10.1. The van der Waals surface area contributed by atoms with Gasteiger partial charge in [0.2, 0.25) is 0 Å². The number of nitrogens with zero attached hydrogens (tertiary/aromatic N) is 1. The topological polar surface area (TPSA) is 79.8 Å². The van der Waals surface area contributed by atoms with Gasteiger partial charge in [-0.05, 0) is 18.9 Å². The maximum atomic E-state index is 11.0. The van der Waals surface area contributed by atoms with E-state index in [-0.39, 0.29) is 36.3 Å². The Morgan fingerprint density at radius 2 is 1.88 bits per heavy atom. The summed E-state index contributed by atoms with van der Waals surface area (Å²) in [4.78, 5) is 4.40. The second-order valence-electron chi connectivity index (χ2n) is 5.17. The van der Waals surface area contributed by atoms with E-state index in [1.807, 2.05) is 25.1 Å². The van der Waals surface area contributed by atoms with Crippen molar-refractivity contribution in [3.63, 3.8) is 0 Å². The second kappa shape index (κ2) is 13.4. The summed E-state index contributed by atoms with van der Waals surface area (Å²) >= 11 is 0. The fourth-order valence-electron chi connectivity index (χ4n) is 1.85. The molecule has 0 radical (unpaired) electrons. The van der Waals surface area contributed by atoms with Gasteiger partial charge >= 0.3 is 0 Å². The van der Waals surface area contributed by atoms with Gasteiger partial charge in [0.1, 0.15) is 9.84 Å². The molecule has 0 aromatic heterocycles. The summed E-state index contributed by atoms with van der Waals surface area (Å²) < 4.78 is 27.2. The lowest BCUT2D eigenvalue weighted by molar-refractivity contribution is 0.157. The molecule has 0 amide bonds. The molecule has 24 heavy (non-hydrogen) atoms. The minimum atomic E-state index is -2.96. The predicted octanol–water partition coefficient (Wildman–Crippen LogP) is 1.46. The molecular formula is C16H28IN3O3S. The molecule has 6 nitrogen and oxygen atoms in total. The van der Waals surface area contributed by atoms with Crippen molar-refractivity contribution < 1.29 is 13.2 Å². The number of sulfone groups is 1. The SMILES string of the molecule is CCNC(=NCCOCCS(C)(=O)=O)NCCc1ccccc1.I. The summed E-state index contributed by atoms with van der Waals surface area (Å²) in [5.74, 6) is 0.793. The highest BCUT2D eigenvalue weighted by Gasteiger charge is 2.01. The molecule has 0 aliphatic carbocycles. The van der Waals surface area contributed by atoms with Gasteiger partial charge in [-0.25, -0.2) is 8.42 Å². The van der Waals surface area contributed by atoms with Gasteiger partial charge in [0.05, 0.1) is 25.5 Å². The molecule has 1 aromatic carbocycles. The fourth-order valence-corrected chi connectivity index (χ4v) is 2.27. The normalized spacial score (nSPS) is 11.7. The van der Waals surface area contributed by atoms with Crippen LogP contribution in [0, 0.1) is 0 Å². The van der Waals surface area contributed by atoms with Crippen LogP contribution in [0.5, 0.6) is 0 Å². The zero-order valence-electron chi connectivity index (χ0n) is 14.3. The highest BCUT2D eigenvalue weighted by Crippen LogP contribution is 1.98. The van der Waals surface area contributed by atoms with Crippen LogP contribution in [0.1, 0.15) is 12.5 Å². The van der Waals surface area contributed by atoms with Crippen molar-refractivity contribution in [1.29, 1.82) is 0 Å². The molecule has 0 heterocycles. The number of ether oxygens (including phenoxy) is 1. The number of guanidine groups is 1. The molecule has 0 fully saturated rings. The van der Waals surface area contributed by atoms with Crippen molar-refractivity contribution >= 4 is 39.8 Å². The van der Waals surface area contributed by atoms with E-state index in [1.165, 1.54) is 11.8 Å². The van der Waals surface area contributed by atoms with E-state index in [2.05, 4.69) is 27.8 Å². The van der Waals surface area contributed by atoms with Crippen LogP contribution in [-0.2, 0) is 21.0 Å². The molecule has 1 rings (SSSR count). The first-order valence-corrected chi connectivity index (χ1v) is 9.89. The fraction of sp³-hybridized carbons (Fsp3) is 0.562. The maximum absolute atomic E-state index is 11.0. The molecule has 0 bridgehead atoms. The van der Waals surface area contributed by atoms with Crippen molar-refractivity contribution in [2.75, 3.05) is 44.9 Å². The molecule has 0 unspecified atom stereocenters. The standard InChI is InChI=1S/C16H27N3O3S.HI/c1-3-17-16(18-10-9-15-7-5-4-6-8-15)19-11-12-22-13-14-23(2,20)21;/h4-8H,3,9-14H2,1-2H3,(H2,17,18,19);1H. The summed E-state index contributed by atoms with van der Waals surface area (Å²) in [5, 5.41) is 6.44. The summed E-state index contributed by atoms with van der Waals surface area (Å²) in [5.41, 5.74) is 1.28. The highest BCUT2D eigenvalue weighted by atomic mass is 127. The number of nitrogens with one attached hydrogen (secondary N) is 2. The Hall–Kier alpha value is -0.870. The minimum absolute atomic E-state index is 0. The van der Waals surface area contributed by atoms with Gasteiger partial charge in [0.25, 0.3) is 0 Å². The quantitative estimate of drug-likeness (QED) is 0.235. The number of benzene rings is 1. The summed E-state index contributed by atoms with van der Waals surface area (Å²) in [6.07, 6.45) is 2.13. The number of hydrogen-bond acceptors (Lipinski definition) is 4. The largest absolute Gasteiger partial charge is 0.378 e. The predicted molar refractivity (Wildman–Crippen MR) is 110 cm³/mol. The zero-order valence-corrected chi connectivity index (χ0v) is 17.5. The summed E-state index contributed by atoms with van der Waals surface area (Å²) in [6, 6.07) is 10.3. The number of aliphatic imine (C=N–C) groups is 1. The van der Waals surface area contributed by atoms with E-state index in [4.69, 9.17) is 4.74 Å². The zero-order chi connectivity index (χ0) is 17.0. The lowest BCUT2D eigenvalue weighted by Gasteiger charge is -2.11. The van der Waals surface area contributed by atoms with Crippen molar-refractivity contribution in [1.82, 2.24) is 10.6 Å². The van der Waals surface area contributed by atoms with Crippen LogP contribution in [0.25, 0.3) is 0 Å². The van der Waals surface area contributed by atoms with E-state index in [0.717, 1.165) is 25.5 Å². The molecule has 2 N–H and O–H groups in total. The molecule has 0 saturated carbocycles. The first-order chi connectivity index (χ1) is 11.0. The molecule has 138 valence electrons. The Morgan fingerprint density at radius 1 is 1.17 bits per heavy atom. The first-order valence-electron chi connectivity index (χ1n) is 7.83. The molecule has 0 spiro atoms. The Kier molecular flexibility index (Phi) is 12.9. The lowest BCUT2D eigenvalue weighted by Crippen LogP contribution is -2.38. The van der Waals surface area contributed by atoms with Crippen molar-refractivity contribution in [3.05, 3.63) is 35.9 Å². The van der Waals surface area contributed by atoms with Gasteiger partial charge in [-0.1, -0.05) is 30.3 Å². The molecule has 0 aliphatic heterocycles. The van der Waals surface area contributed by atoms with Gasteiger partial charge < -0.3 is 15.4 Å². The van der Waals surface area contributed by atoms with Gasteiger partial charge in [-0.15, -0.1) is 24.0 Å². The third-order valence-corrected chi connectivity index (χ3v) is 3.91. The molecule has 0 atom stereocenters. The van der Waals surface area contributed by atoms with Crippen LogP contribution in [-0.4, -0.2) is 59.2 Å². The van der Waals surface area contributed by atoms with Crippen LogP contribution < -0.4 is 10.6 Å². The highest BCUT2D eigenvalue weighted by molar-refractivity contribution is 14.0. The Labute approximate surface area is 162 Å². The van der Waals surface area contributed by atoms with Crippen LogP contribution in [0.4, 0.5) is 0 Å². The van der Waals surface area contributed by atoms with E-state index in [1.54, 1.807) is 0 Å². The van der Waals surface area contributed by atoms with Gasteiger partial charge in [0, 0.05) is 19.3 Å². The molecule has 0 aliphatic rings. The van der Waals surface area contributed by atoms with Gasteiger partial charge in [0.15, 0.2) is 5.96 Å². The van der Waals surface area contributed by atoms with E-state index in [0.29, 0.717) is 13.2 Å². The van der Waals surface area contributed by atoms with E-state index in [9.17, 15) is 8.42 Å². The molecule has 8 heteroatoms. The monoisotopic (exact) mass is 469 g/mol. The van der Waals surface area contributed by atoms with E-state index >= 15 is 0 Å². The van der Waals surface area contributed by atoms with Crippen LogP contribution in [0.3, 0.4) is 0 Å². The number of hydrogen-bond donors (Lipinski definition) is 2. The minimum Gasteiger partial charge on any atom is -0.378 e. The average molecular weight is 469 g/mol. The Bertz CT molecular complexity index is 565. The van der Waals surface area contributed by atoms with Crippen LogP contribution >= 0.6 is 24.0 Å². The first kappa shape index (κ1) is 23.1. The summed E-state index contributed by atoms with van der Waals surface area (Å²) in [6.45, 7) is 4.70. The molecule has 0 saturated heterocycles. The van der Waals surface area contributed by atoms with Crippen LogP contribution in [0.15, 0.2) is 35.3 Å². The third-order valence-electron chi connectivity index (χ3n) is 3.00. The van der Waals surface area contributed by atoms with Crippen LogP contribution in [0.2, 0.25) is 0 Å². The van der Waals surface area contributed by atoms with Gasteiger partial charge in [-0.2, -0.15) is 0 Å². The molecule has 1 aromatic rings.